The summed E-state index contributed by atoms with van der Waals surface area (Å²) in [5, 5.41) is 6.71. The highest BCUT2D eigenvalue weighted by atomic mass is 16.5. The summed E-state index contributed by atoms with van der Waals surface area (Å²) in [7, 11) is 0. The van der Waals surface area contributed by atoms with Crippen molar-refractivity contribution in [2.45, 2.75) is 51.7 Å². The zero-order valence-electron chi connectivity index (χ0n) is 13.5. The van der Waals surface area contributed by atoms with Crippen molar-refractivity contribution in [2.24, 2.45) is 4.99 Å². The van der Waals surface area contributed by atoms with E-state index in [-0.39, 0.29) is 0 Å². The number of benzene rings is 1. The van der Waals surface area contributed by atoms with E-state index in [0.29, 0.717) is 6.10 Å². The van der Waals surface area contributed by atoms with Gasteiger partial charge >= 0.3 is 0 Å². The van der Waals surface area contributed by atoms with Gasteiger partial charge in [-0.1, -0.05) is 18.2 Å². The third kappa shape index (κ3) is 4.01. The van der Waals surface area contributed by atoms with Crippen LogP contribution in [0.4, 0.5) is 0 Å². The van der Waals surface area contributed by atoms with E-state index in [1.54, 1.807) is 0 Å². The van der Waals surface area contributed by atoms with E-state index in [9.17, 15) is 0 Å². The lowest BCUT2D eigenvalue weighted by Crippen LogP contribution is -2.41. The average molecular weight is 301 g/mol. The number of nitrogens with one attached hydrogen (secondary N) is 2. The number of ether oxygens (including phenoxy) is 1. The summed E-state index contributed by atoms with van der Waals surface area (Å²) in [5.41, 5.74) is 4.34. The molecule has 0 bridgehead atoms. The maximum atomic E-state index is 5.65. The molecule has 3 rings (SSSR count). The average Bonchev–Trinajstić information content (AvgIpc) is 3.20. The first-order valence-corrected chi connectivity index (χ1v) is 8.59. The van der Waals surface area contributed by atoms with Crippen molar-refractivity contribution in [1.29, 1.82) is 0 Å². The highest BCUT2D eigenvalue weighted by Gasteiger charge is 2.15. The summed E-state index contributed by atoms with van der Waals surface area (Å²) < 4.78 is 5.65. The van der Waals surface area contributed by atoms with Gasteiger partial charge in [-0.05, 0) is 55.7 Å². The van der Waals surface area contributed by atoms with Gasteiger partial charge in [-0.3, -0.25) is 0 Å². The van der Waals surface area contributed by atoms with Crippen molar-refractivity contribution >= 4 is 5.96 Å². The van der Waals surface area contributed by atoms with E-state index < -0.39 is 0 Å². The Bertz CT molecular complexity index is 521. The minimum atomic E-state index is 0.337. The molecule has 0 spiro atoms. The van der Waals surface area contributed by atoms with Gasteiger partial charge in [0.1, 0.15) is 0 Å². The largest absolute Gasteiger partial charge is 0.376 e. The topological polar surface area (TPSA) is 45.7 Å². The molecule has 0 aromatic heterocycles. The van der Waals surface area contributed by atoms with E-state index in [4.69, 9.17) is 9.73 Å². The van der Waals surface area contributed by atoms with E-state index in [0.717, 1.165) is 38.6 Å². The lowest BCUT2D eigenvalue weighted by atomic mass is 10.1. The van der Waals surface area contributed by atoms with Crippen LogP contribution in [0.25, 0.3) is 0 Å². The third-order valence-corrected chi connectivity index (χ3v) is 4.45. The number of aryl methyl sites for hydroxylation is 2. The molecular weight excluding hydrogens is 274 g/mol. The number of hydrogen-bond acceptors (Lipinski definition) is 2. The third-order valence-electron chi connectivity index (χ3n) is 4.45. The molecule has 1 aliphatic heterocycles. The van der Waals surface area contributed by atoms with Crippen molar-refractivity contribution in [3.8, 4) is 0 Å². The van der Waals surface area contributed by atoms with Crippen molar-refractivity contribution < 1.29 is 4.74 Å². The zero-order chi connectivity index (χ0) is 15.2. The highest BCUT2D eigenvalue weighted by molar-refractivity contribution is 5.79. The second kappa shape index (κ2) is 7.63. The number of guanidine groups is 1. The van der Waals surface area contributed by atoms with Gasteiger partial charge in [-0.25, -0.2) is 4.99 Å². The molecule has 2 N–H and O–H groups in total. The molecule has 1 aromatic carbocycles. The lowest BCUT2D eigenvalue weighted by molar-refractivity contribution is 0.114. The van der Waals surface area contributed by atoms with Crippen molar-refractivity contribution in [1.82, 2.24) is 10.6 Å². The van der Waals surface area contributed by atoms with Gasteiger partial charge in [-0.15, -0.1) is 0 Å². The molecule has 0 radical (unpaired) electrons. The maximum absolute atomic E-state index is 5.65. The number of fused-ring (bicyclic) bond motifs is 1. The molecule has 1 fully saturated rings. The van der Waals surface area contributed by atoms with Crippen LogP contribution in [-0.4, -0.2) is 31.8 Å². The molecule has 1 heterocycles. The van der Waals surface area contributed by atoms with Gasteiger partial charge in [0, 0.05) is 19.7 Å². The predicted octanol–water partition coefficient (Wildman–Crippen LogP) is 2.41. The van der Waals surface area contributed by atoms with Crippen LogP contribution >= 0.6 is 0 Å². The summed E-state index contributed by atoms with van der Waals surface area (Å²) >= 11 is 0. The summed E-state index contributed by atoms with van der Waals surface area (Å²) in [6.07, 6.45) is 6.43. The Hall–Kier alpha value is -1.55. The molecule has 22 heavy (non-hydrogen) atoms. The molecule has 0 amide bonds. The molecule has 1 aliphatic carbocycles. The Morgan fingerprint density at radius 2 is 2.14 bits per heavy atom. The van der Waals surface area contributed by atoms with Crippen LogP contribution in [0, 0.1) is 0 Å². The van der Waals surface area contributed by atoms with Gasteiger partial charge in [-0.2, -0.15) is 0 Å². The first kappa shape index (κ1) is 15.3. The summed E-state index contributed by atoms with van der Waals surface area (Å²) in [5.74, 6) is 0.887. The number of aliphatic imine (C=N–C) groups is 1. The first-order chi connectivity index (χ1) is 10.8. The fraction of sp³-hybridized carbons (Fsp3) is 0.611. The van der Waals surface area contributed by atoms with Crippen molar-refractivity contribution in [2.75, 3.05) is 19.7 Å². The van der Waals surface area contributed by atoms with E-state index >= 15 is 0 Å². The normalized spacial score (nSPS) is 21.0. The van der Waals surface area contributed by atoms with Crippen LogP contribution in [0.15, 0.2) is 23.2 Å². The van der Waals surface area contributed by atoms with Crippen LogP contribution in [-0.2, 0) is 24.1 Å². The molecule has 0 saturated carbocycles. The molecule has 2 aliphatic rings. The second-order valence-corrected chi connectivity index (χ2v) is 6.17. The Morgan fingerprint density at radius 3 is 2.95 bits per heavy atom. The van der Waals surface area contributed by atoms with Gasteiger partial charge in [0.25, 0.3) is 0 Å². The van der Waals surface area contributed by atoms with Gasteiger partial charge in [0.15, 0.2) is 5.96 Å². The monoisotopic (exact) mass is 301 g/mol. The van der Waals surface area contributed by atoms with E-state index in [2.05, 4.69) is 35.8 Å². The maximum Gasteiger partial charge on any atom is 0.191 e. The predicted molar refractivity (Wildman–Crippen MR) is 90.3 cm³/mol. The molecule has 1 aromatic rings. The van der Waals surface area contributed by atoms with Gasteiger partial charge < -0.3 is 15.4 Å². The van der Waals surface area contributed by atoms with Crippen LogP contribution in [0.5, 0.6) is 0 Å². The van der Waals surface area contributed by atoms with Crippen LogP contribution in [0.1, 0.15) is 42.9 Å². The Morgan fingerprint density at radius 1 is 1.23 bits per heavy atom. The van der Waals surface area contributed by atoms with E-state index in [1.165, 1.54) is 42.4 Å². The first-order valence-electron chi connectivity index (χ1n) is 8.59. The minimum Gasteiger partial charge on any atom is -0.376 e. The SMILES string of the molecule is CCNC(=NCc1ccc2c(c1)CCC2)NCC1CCCO1. The summed E-state index contributed by atoms with van der Waals surface area (Å²) in [6.45, 7) is 5.44. The zero-order valence-corrected chi connectivity index (χ0v) is 13.5. The van der Waals surface area contributed by atoms with Crippen LogP contribution < -0.4 is 10.6 Å². The fourth-order valence-corrected chi connectivity index (χ4v) is 3.25. The second-order valence-electron chi connectivity index (χ2n) is 6.17. The fourth-order valence-electron chi connectivity index (χ4n) is 3.25. The highest BCUT2D eigenvalue weighted by Crippen LogP contribution is 2.23. The van der Waals surface area contributed by atoms with Crippen LogP contribution in [0.3, 0.4) is 0 Å². The van der Waals surface area contributed by atoms with Gasteiger partial charge in [0.2, 0.25) is 0 Å². The van der Waals surface area contributed by atoms with Crippen LogP contribution in [0.2, 0.25) is 0 Å². The molecule has 120 valence electrons. The molecule has 1 atom stereocenters. The Labute approximate surface area is 133 Å². The molecule has 4 heteroatoms. The quantitative estimate of drug-likeness (QED) is 0.648. The minimum absolute atomic E-state index is 0.337. The lowest BCUT2D eigenvalue weighted by Gasteiger charge is -2.14. The summed E-state index contributed by atoms with van der Waals surface area (Å²) in [4.78, 5) is 4.71. The Balaban J connectivity index is 1.57. The smallest absolute Gasteiger partial charge is 0.191 e. The number of nitrogens with zero attached hydrogens (tertiary/aromatic N) is 1. The number of hydrogen-bond donors (Lipinski definition) is 2. The molecular formula is C18H27N3O. The molecule has 1 unspecified atom stereocenters. The summed E-state index contributed by atoms with van der Waals surface area (Å²) in [6, 6.07) is 6.83. The van der Waals surface area contributed by atoms with Crippen molar-refractivity contribution in [3.05, 3.63) is 34.9 Å². The Kier molecular flexibility index (Phi) is 5.33. The van der Waals surface area contributed by atoms with E-state index in [1.807, 2.05) is 0 Å². The molecule has 1 saturated heterocycles. The van der Waals surface area contributed by atoms with Gasteiger partial charge in [0.05, 0.1) is 12.6 Å². The van der Waals surface area contributed by atoms with Crippen molar-refractivity contribution in [3.63, 3.8) is 0 Å². The number of rotatable bonds is 5. The molecule has 4 nitrogen and oxygen atoms in total. The standard InChI is InChI=1S/C18H27N3O/c1-2-19-18(21-13-17-7-4-10-22-17)20-12-14-8-9-15-5-3-6-16(15)11-14/h8-9,11,17H,2-7,10,12-13H2,1H3,(H2,19,20,21).